The second kappa shape index (κ2) is 8.84. The highest BCUT2D eigenvalue weighted by atomic mass is 15.1. The molecule has 3 heteroatoms. The minimum atomic E-state index is 0.857. The molecule has 2 aromatic rings. The molecule has 1 saturated heterocycles. The number of hydrogen-bond donors (Lipinski definition) is 1. The van der Waals surface area contributed by atoms with Crippen molar-refractivity contribution in [3.8, 4) is 0 Å². The van der Waals surface area contributed by atoms with E-state index >= 15 is 0 Å². The number of aryl methyl sites for hydroxylation is 1. The predicted molar refractivity (Wildman–Crippen MR) is 101 cm³/mol. The van der Waals surface area contributed by atoms with Crippen LogP contribution in [0.2, 0.25) is 0 Å². The summed E-state index contributed by atoms with van der Waals surface area (Å²) >= 11 is 0. The Kier molecular flexibility index (Phi) is 6.25. The summed E-state index contributed by atoms with van der Waals surface area (Å²) in [6.45, 7) is 6.84. The number of nitrogens with one attached hydrogen (secondary N) is 1. The second-order valence-corrected chi connectivity index (χ2v) is 6.95. The molecule has 0 amide bonds. The number of piperidine rings is 1. The molecule has 1 N–H and O–H groups in total. The number of benzene rings is 1. The molecular weight excluding hydrogens is 294 g/mol. The Hall–Kier alpha value is -1.87. The van der Waals surface area contributed by atoms with E-state index in [1.165, 1.54) is 56.4 Å². The van der Waals surface area contributed by atoms with Crippen LogP contribution in [-0.4, -0.2) is 36.1 Å². The van der Waals surface area contributed by atoms with E-state index in [1.54, 1.807) is 0 Å². The number of pyridine rings is 1. The van der Waals surface area contributed by atoms with Crippen LogP contribution in [0.3, 0.4) is 0 Å². The van der Waals surface area contributed by atoms with Crippen LogP contribution in [0, 0.1) is 12.8 Å². The van der Waals surface area contributed by atoms with Gasteiger partial charge in [-0.15, -0.1) is 0 Å². The third-order valence-electron chi connectivity index (χ3n) is 5.04. The molecule has 0 atom stereocenters. The minimum Gasteiger partial charge on any atom is -0.370 e. The number of aromatic nitrogens is 1. The van der Waals surface area contributed by atoms with Crippen molar-refractivity contribution >= 4 is 5.82 Å². The molecule has 1 aliphatic rings. The summed E-state index contributed by atoms with van der Waals surface area (Å²) in [5, 5.41) is 3.47. The molecule has 1 fully saturated rings. The topological polar surface area (TPSA) is 28.2 Å². The van der Waals surface area contributed by atoms with E-state index in [0.29, 0.717) is 0 Å². The average Bonchev–Trinajstić information content (AvgIpc) is 2.62. The summed E-state index contributed by atoms with van der Waals surface area (Å²) in [5.41, 5.74) is 2.72. The highest BCUT2D eigenvalue weighted by molar-refractivity contribution is 5.36. The van der Waals surface area contributed by atoms with Gasteiger partial charge in [0.25, 0.3) is 0 Å². The van der Waals surface area contributed by atoms with Gasteiger partial charge in [0.05, 0.1) is 0 Å². The van der Waals surface area contributed by atoms with Crippen LogP contribution in [-0.2, 0) is 6.42 Å². The van der Waals surface area contributed by atoms with E-state index in [0.717, 1.165) is 18.3 Å². The van der Waals surface area contributed by atoms with Crippen molar-refractivity contribution in [3.05, 3.63) is 59.8 Å². The second-order valence-electron chi connectivity index (χ2n) is 6.95. The highest BCUT2D eigenvalue weighted by Crippen LogP contribution is 2.21. The smallest absolute Gasteiger partial charge is 0.126 e. The zero-order valence-corrected chi connectivity index (χ0v) is 14.7. The summed E-state index contributed by atoms with van der Waals surface area (Å²) in [4.78, 5) is 6.99. The number of rotatable bonds is 7. The van der Waals surface area contributed by atoms with Gasteiger partial charge in [0.2, 0.25) is 0 Å². The normalized spacial score (nSPS) is 16.2. The quantitative estimate of drug-likeness (QED) is 0.830. The molecular formula is C21H29N3. The molecule has 0 unspecified atom stereocenters. The first-order chi connectivity index (χ1) is 11.8. The Labute approximate surface area is 146 Å². The molecule has 1 aliphatic heterocycles. The van der Waals surface area contributed by atoms with Gasteiger partial charge in [0.1, 0.15) is 5.82 Å². The molecule has 3 nitrogen and oxygen atoms in total. The molecule has 0 saturated carbocycles. The van der Waals surface area contributed by atoms with Crippen LogP contribution < -0.4 is 5.32 Å². The number of anilines is 1. The molecule has 0 radical (unpaired) electrons. The fourth-order valence-corrected chi connectivity index (χ4v) is 3.47. The third-order valence-corrected chi connectivity index (χ3v) is 5.04. The third kappa shape index (κ3) is 5.34. The van der Waals surface area contributed by atoms with Crippen molar-refractivity contribution in [1.29, 1.82) is 0 Å². The van der Waals surface area contributed by atoms with Gasteiger partial charge in [0, 0.05) is 19.3 Å². The van der Waals surface area contributed by atoms with E-state index in [4.69, 9.17) is 0 Å². The van der Waals surface area contributed by atoms with Crippen LogP contribution in [0.1, 0.15) is 30.4 Å². The van der Waals surface area contributed by atoms with Gasteiger partial charge in [0.15, 0.2) is 0 Å². The monoisotopic (exact) mass is 323 g/mol. The van der Waals surface area contributed by atoms with E-state index in [1.807, 2.05) is 12.3 Å². The fourth-order valence-electron chi connectivity index (χ4n) is 3.47. The van der Waals surface area contributed by atoms with E-state index in [2.05, 4.69) is 58.5 Å². The average molecular weight is 323 g/mol. The van der Waals surface area contributed by atoms with Crippen LogP contribution in [0.4, 0.5) is 5.82 Å². The Morgan fingerprint density at radius 3 is 2.67 bits per heavy atom. The molecule has 0 bridgehead atoms. The van der Waals surface area contributed by atoms with Gasteiger partial charge >= 0.3 is 0 Å². The van der Waals surface area contributed by atoms with E-state index in [-0.39, 0.29) is 0 Å². The van der Waals surface area contributed by atoms with Crippen LogP contribution >= 0.6 is 0 Å². The maximum atomic E-state index is 4.37. The number of nitrogens with zero attached hydrogens (tertiary/aromatic N) is 2. The van der Waals surface area contributed by atoms with E-state index in [9.17, 15) is 0 Å². The van der Waals surface area contributed by atoms with Crippen LogP contribution in [0.25, 0.3) is 0 Å². The Morgan fingerprint density at radius 1 is 1.12 bits per heavy atom. The largest absolute Gasteiger partial charge is 0.370 e. The number of hydrogen-bond acceptors (Lipinski definition) is 3. The van der Waals surface area contributed by atoms with Crippen molar-refractivity contribution in [1.82, 2.24) is 9.88 Å². The molecule has 2 heterocycles. The zero-order valence-electron chi connectivity index (χ0n) is 14.7. The molecule has 0 spiro atoms. The van der Waals surface area contributed by atoms with Gasteiger partial charge in [-0.3, -0.25) is 0 Å². The van der Waals surface area contributed by atoms with Crippen LogP contribution in [0.15, 0.2) is 48.7 Å². The SMILES string of the molecule is Cc1ccnc(NCCC2CCN(CCc3ccccc3)CC2)c1. The van der Waals surface area contributed by atoms with Gasteiger partial charge in [-0.1, -0.05) is 30.3 Å². The summed E-state index contributed by atoms with van der Waals surface area (Å²) < 4.78 is 0. The summed E-state index contributed by atoms with van der Waals surface area (Å²) in [7, 11) is 0. The van der Waals surface area contributed by atoms with Gasteiger partial charge in [-0.05, 0) is 74.9 Å². The van der Waals surface area contributed by atoms with Crippen molar-refractivity contribution in [2.24, 2.45) is 5.92 Å². The summed E-state index contributed by atoms with van der Waals surface area (Å²) in [6, 6.07) is 15.0. The van der Waals surface area contributed by atoms with Gasteiger partial charge in [-0.2, -0.15) is 0 Å². The van der Waals surface area contributed by atoms with Crippen molar-refractivity contribution in [2.75, 3.05) is 31.5 Å². The van der Waals surface area contributed by atoms with Crippen molar-refractivity contribution in [2.45, 2.75) is 32.6 Å². The Balaban J connectivity index is 1.32. The first kappa shape index (κ1) is 17.0. The van der Waals surface area contributed by atoms with Crippen molar-refractivity contribution in [3.63, 3.8) is 0 Å². The number of likely N-dealkylation sites (tertiary alicyclic amines) is 1. The predicted octanol–water partition coefficient (Wildman–Crippen LogP) is 4.15. The van der Waals surface area contributed by atoms with Gasteiger partial charge in [-0.25, -0.2) is 4.98 Å². The lowest BCUT2D eigenvalue weighted by molar-refractivity contribution is 0.183. The lowest BCUT2D eigenvalue weighted by Gasteiger charge is -2.32. The Bertz CT molecular complexity index is 603. The Morgan fingerprint density at radius 2 is 1.92 bits per heavy atom. The van der Waals surface area contributed by atoms with Crippen LogP contribution in [0.5, 0.6) is 0 Å². The molecule has 1 aromatic heterocycles. The molecule has 0 aliphatic carbocycles. The molecule has 1 aromatic carbocycles. The fraction of sp³-hybridized carbons (Fsp3) is 0.476. The zero-order chi connectivity index (χ0) is 16.6. The standard InChI is InChI=1S/C21H29N3/c1-18-7-12-22-21(17-18)23-13-8-20-10-15-24(16-11-20)14-9-19-5-3-2-4-6-19/h2-7,12,17,20H,8-11,13-16H2,1H3,(H,22,23). The summed E-state index contributed by atoms with van der Waals surface area (Å²) in [6.07, 6.45) is 6.96. The lowest BCUT2D eigenvalue weighted by Crippen LogP contribution is -2.35. The van der Waals surface area contributed by atoms with E-state index < -0.39 is 0 Å². The highest BCUT2D eigenvalue weighted by Gasteiger charge is 2.18. The first-order valence-corrected chi connectivity index (χ1v) is 9.22. The molecule has 24 heavy (non-hydrogen) atoms. The first-order valence-electron chi connectivity index (χ1n) is 9.22. The van der Waals surface area contributed by atoms with Gasteiger partial charge < -0.3 is 10.2 Å². The summed E-state index contributed by atoms with van der Waals surface area (Å²) in [5.74, 6) is 1.87. The maximum Gasteiger partial charge on any atom is 0.126 e. The minimum absolute atomic E-state index is 0.857. The van der Waals surface area contributed by atoms with Crippen molar-refractivity contribution < 1.29 is 0 Å². The molecule has 128 valence electrons. The molecule has 3 rings (SSSR count). The maximum absolute atomic E-state index is 4.37. The lowest BCUT2D eigenvalue weighted by atomic mass is 9.93.